The van der Waals surface area contributed by atoms with Crippen molar-refractivity contribution in [3.05, 3.63) is 41.5 Å². The molecule has 1 rings (SSSR count). The van der Waals surface area contributed by atoms with Gasteiger partial charge >= 0.3 is 0 Å². The Hall–Kier alpha value is -1.28. The summed E-state index contributed by atoms with van der Waals surface area (Å²) in [5.41, 5.74) is 9.33. The third kappa shape index (κ3) is 3.70. The summed E-state index contributed by atoms with van der Waals surface area (Å²) in [4.78, 5) is 0. The van der Waals surface area contributed by atoms with Crippen LogP contribution in [-0.4, -0.2) is 6.61 Å². The maximum Gasteiger partial charge on any atom is 0.124 e. The SMILES string of the molecule is C=C(C)CCOc1ccc(C)cc1[C@H](C)N. The van der Waals surface area contributed by atoms with Crippen LogP contribution >= 0.6 is 0 Å². The van der Waals surface area contributed by atoms with Crippen LogP contribution in [0.4, 0.5) is 0 Å². The van der Waals surface area contributed by atoms with Gasteiger partial charge in [-0.2, -0.15) is 0 Å². The van der Waals surface area contributed by atoms with Crippen molar-refractivity contribution in [3.63, 3.8) is 0 Å². The van der Waals surface area contributed by atoms with Gasteiger partial charge in [0.15, 0.2) is 0 Å². The maximum absolute atomic E-state index is 5.92. The van der Waals surface area contributed by atoms with Gasteiger partial charge < -0.3 is 10.5 Å². The molecule has 0 radical (unpaired) electrons. The van der Waals surface area contributed by atoms with Gasteiger partial charge in [0, 0.05) is 18.0 Å². The lowest BCUT2D eigenvalue weighted by atomic mass is 10.1. The molecule has 0 aliphatic heterocycles. The van der Waals surface area contributed by atoms with Crippen molar-refractivity contribution < 1.29 is 4.74 Å². The normalized spacial score (nSPS) is 12.2. The van der Waals surface area contributed by atoms with Crippen LogP contribution in [0.15, 0.2) is 30.4 Å². The van der Waals surface area contributed by atoms with Crippen LogP contribution in [0, 0.1) is 6.92 Å². The first-order valence-corrected chi connectivity index (χ1v) is 5.64. The van der Waals surface area contributed by atoms with Gasteiger partial charge in [-0.05, 0) is 26.8 Å². The molecule has 2 nitrogen and oxygen atoms in total. The van der Waals surface area contributed by atoms with E-state index in [1.54, 1.807) is 0 Å². The second kappa shape index (κ2) is 5.71. The summed E-state index contributed by atoms with van der Waals surface area (Å²) < 4.78 is 5.72. The number of ether oxygens (including phenoxy) is 1. The second-order valence-electron chi connectivity index (χ2n) is 4.39. The van der Waals surface area contributed by atoms with E-state index in [1.807, 2.05) is 26.0 Å². The molecule has 0 fully saturated rings. The molecule has 0 saturated carbocycles. The Kier molecular flexibility index (Phi) is 4.56. The van der Waals surface area contributed by atoms with Crippen LogP contribution in [0.5, 0.6) is 5.75 Å². The van der Waals surface area contributed by atoms with Crippen molar-refractivity contribution in [2.75, 3.05) is 6.61 Å². The Morgan fingerprint density at radius 1 is 1.50 bits per heavy atom. The minimum Gasteiger partial charge on any atom is -0.493 e. The molecule has 88 valence electrons. The average molecular weight is 219 g/mol. The number of aryl methyl sites for hydroxylation is 1. The maximum atomic E-state index is 5.92. The van der Waals surface area contributed by atoms with Gasteiger partial charge in [-0.1, -0.05) is 23.3 Å². The van der Waals surface area contributed by atoms with Gasteiger partial charge in [0.05, 0.1) is 6.61 Å². The summed E-state index contributed by atoms with van der Waals surface area (Å²) in [6.45, 7) is 10.6. The lowest BCUT2D eigenvalue weighted by Crippen LogP contribution is -2.09. The lowest BCUT2D eigenvalue weighted by Gasteiger charge is -2.14. The fourth-order valence-corrected chi connectivity index (χ4v) is 1.49. The summed E-state index contributed by atoms with van der Waals surface area (Å²) in [5.74, 6) is 0.891. The molecule has 1 aromatic carbocycles. The lowest BCUT2D eigenvalue weighted by molar-refractivity contribution is 0.317. The number of hydrogen-bond donors (Lipinski definition) is 1. The monoisotopic (exact) mass is 219 g/mol. The highest BCUT2D eigenvalue weighted by molar-refractivity contribution is 5.38. The number of rotatable bonds is 5. The molecule has 2 N–H and O–H groups in total. The van der Waals surface area contributed by atoms with Crippen LogP contribution in [0.3, 0.4) is 0 Å². The smallest absolute Gasteiger partial charge is 0.124 e. The van der Waals surface area contributed by atoms with E-state index in [9.17, 15) is 0 Å². The van der Waals surface area contributed by atoms with Crippen molar-refractivity contribution in [2.45, 2.75) is 33.2 Å². The predicted molar refractivity (Wildman–Crippen MR) is 68.7 cm³/mol. The molecule has 0 amide bonds. The Bertz CT molecular complexity index is 369. The van der Waals surface area contributed by atoms with E-state index < -0.39 is 0 Å². The van der Waals surface area contributed by atoms with Gasteiger partial charge in [-0.3, -0.25) is 0 Å². The molecular weight excluding hydrogens is 198 g/mol. The van der Waals surface area contributed by atoms with Crippen LogP contribution in [0.2, 0.25) is 0 Å². The van der Waals surface area contributed by atoms with Crippen LogP contribution in [0.25, 0.3) is 0 Å². The molecule has 1 aromatic rings. The molecule has 0 bridgehead atoms. The largest absolute Gasteiger partial charge is 0.493 e. The molecule has 0 aliphatic carbocycles. The van der Waals surface area contributed by atoms with E-state index >= 15 is 0 Å². The number of nitrogens with two attached hydrogens (primary N) is 1. The van der Waals surface area contributed by atoms with Gasteiger partial charge in [0.2, 0.25) is 0 Å². The van der Waals surface area contributed by atoms with Crippen LogP contribution < -0.4 is 10.5 Å². The molecular formula is C14H21NO. The Morgan fingerprint density at radius 2 is 2.19 bits per heavy atom. The zero-order valence-electron chi connectivity index (χ0n) is 10.4. The van der Waals surface area contributed by atoms with Gasteiger partial charge in [-0.15, -0.1) is 6.58 Å². The summed E-state index contributed by atoms with van der Waals surface area (Å²) >= 11 is 0. The molecule has 0 saturated heterocycles. The first kappa shape index (κ1) is 12.8. The van der Waals surface area contributed by atoms with E-state index in [4.69, 9.17) is 10.5 Å². The fourth-order valence-electron chi connectivity index (χ4n) is 1.49. The first-order chi connectivity index (χ1) is 7.50. The summed E-state index contributed by atoms with van der Waals surface area (Å²) in [5, 5.41) is 0. The van der Waals surface area contributed by atoms with Gasteiger partial charge in [0.25, 0.3) is 0 Å². The Balaban J connectivity index is 2.74. The van der Waals surface area contributed by atoms with E-state index in [0.717, 1.165) is 23.3 Å². The predicted octanol–water partition coefficient (Wildman–Crippen LogP) is 3.36. The van der Waals surface area contributed by atoms with Crippen molar-refractivity contribution in [1.82, 2.24) is 0 Å². The van der Waals surface area contributed by atoms with Crippen molar-refractivity contribution in [1.29, 1.82) is 0 Å². The van der Waals surface area contributed by atoms with E-state index in [1.165, 1.54) is 5.56 Å². The molecule has 0 spiro atoms. The minimum atomic E-state index is -0.000252. The Morgan fingerprint density at radius 3 is 2.75 bits per heavy atom. The van der Waals surface area contributed by atoms with Gasteiger partial charge in [0.1, 0.15) is 5.75 Å². The molecule has 0 unspecified atom stereocenters. The third-order valence-corrected chi connectivity index (χ3v) is 2.44. The average Bonchev–Trinajstić information content (AvgIpc) is 2.19. The molecule has 0 aliphatic rings. The third-order valence-electron chi connectivity index (χ3n) is 2.44. The van der Waals surface area contributed by atoms with Crippen molar-refractivity contribution in [3.8, 4) is 5.75 Å². The van der Waals surface area contributed by atoms with Crippen LogP contribution in [0.1, 0.15) is 37.4 Å². The highest BCUT2D eigenvalue weighted by Gasteiger charge is 2.08. The molecule has 16 heavy (non-hydrogen) atoms. The highest BCUT2D eigenvalue weighted by Crippen LogP contribution is 2.25. The molecule has 0 aromatic heterocycles. The quantitative estimate of drug-likeness (QED) is 0.771. The van der Waals surface area contributed by atoms with Crippen LogP contribution in [-0.2, 0) is 0 Å². The topological polar surface area (TPSA) is 35.2 Å². The van der Waals surface area contributed by atoms with Crippen molar-refractivity contribution >= 4 is 0 Å². The zero-order valence-corrected chi connectivity index (χ0v) is 10.4. The number of benzene rings is 1. The second-order valence-corrected chi connectivity index (χ2v) is 4.39. The summed E-state index contributed by atoms with van der Waals surface area (Å²) in [6.07, 6.45) is 0.881. The molecule has 1 atom stereocenters. The molecule has 0 heterocycles. The van der Waals surface area contributed by atoms with Gasteiger partial charge in [-0.25, -0.2) is 0 Å². The summed E-state index contributed by atoms with van der Waals surface area (Å²) in [7, 11) is 0. The zero-order chi connectivity index (χ0) is 12.1. The minimum absolute atomic E-state index is 0.000252. The van der Waals surface area contributed by atoms with Crippen molar-refractivity contribution in [2.24, 2.45) is 5.73 Å². The summed E-state index contributed by atoms with van der Waals surface area (Å²) in [6, 6.07) is 6.12. The highest BCUT2D eigenvalue weighted by atomic mass is 16.5. The van der Waals surface area contributed by atoms with E-state index in [2.05, 4.69) is 19.6 Å². The molecule has 2 heteroatoms. The standard InChI is InChI=1S/C14H21NO/c1-10(2)7-8-16-14-6-5-11(3)9-13(14)12(4)15/h5-6,9,12H,1,7-8,15H2,2-4H3/t12-/m0/s1. The fraction of sp³-hybridized carbons (Fsp3) is 0.429. The first-order valence-electron chi connectivity index (χ1n) is 5.64. The van der Waals surface area contributed by atoms with E-state index in [0.29, 0.717) is 6.61 Å². The van der Waals surface area contributed by atoms with E-state index in [-0.39, 0.29) is 6.04 Å². The number of hydrogen-bond acceptors (Lipinski definition) is 2. The Labute approximate surface area is 98.1 Å².